The number of nitrogens with zero attached hydrogens (tertiary/aromatic N) is 3. The fourth-order valence-electron chi connectivity index (χ4n) is 3.63. The number of aromatic nitrogens is 2. The van der Waals surface area contributed by atoms with Gasteiger partial charge in [-0.05, 0) is 44.3 Å². The summed E-state index contributed by atoms with van der Waals surface area (Å²) in [4.78, 5) is 27.3. The van der Waals surface area contributed by atoms with Crippen molar-refractivity contribution in [2.75, 3.05) is 26.2 Å². The Morgan fingerprint density at radius 3 is 2.84 bits per heavy atom. The molecule has 1 unspecified atom stereocenters. The van der Waals surface area contributed by atoms with Crippen LogP contribution in [0, 0.1) is 5.92 Å². The van der Waals surface area contributed by atoms with Gasteiger partial charge in [0.05, 0.1) is 5.39 Å². The number of benzene rings is 1. The fourth-order valence-corrected chi connectivity index (χ4v) is 3.63. The minimum atomic E-state index is -0.209. The van der Waals surface area contributed by atoms with E-state index >= 15 is 0 Å². The Morgan fingerprint density at radius 1 is 1.32 bits per heavy atom. The average Bonchev–Trinajstić information content (AvgIpc) is 2.63. The van der Waals surface area contributed by atoms with Crippen LogP contribution in [0.4, 0.5) is 0 Å². The molecule has 1 aliphatic rings. The van der Waals surface area contributed by atoms with Crippen molar-refractivity contribution >= 4 is 16.7 Å². The highest BCUT2D eigenvalue weighted by atomic mass is 16.2. The van der Waals surface area contributed by atoms with E-state index < -0.39 is 0 Å². The SMILES string of the molecule is CCCN1CCCC(CNC(=O)c2nn(C)c(=O)c3ccccc23)C1. The highest BCUT2D eigenvalue weighted by Crippen LogP contribution is 2.17. The Bertz CT molecular complexity index is 813. The lowest BCUT2D eigenvalue weighted by atomic mass is 9.97. The van der Waals surface area contributed by atoms with Crippen LogP contribution in [0.1, 0.15) is 36.7 Å². The standard InChI is InChI=1S/C19H26N4O2/c1-3-10-23-11-6-7-14(13-23)12-20-18(24)17-15-8-4-5-9-16(15)19(25)22(2)21-17/h4-5,8-9,14H,3,6-7,10-13H2,1-2H3,(H,20,24). The highest BCUT2D eigenvalue weighted by molar-refractivity contribution is 6.04. The van der Waals surface area contributed by atoms with Gasteiger partial charge in [-0.25, -0.2) is 4.68 Å². The van der Waals surface area contributed by atoms with Crippen LogP contribution >= 0.6 is 0 Å². The molecule has 3 rings (SSSR count). The fraction of sp³-hybridized carbons (Fsp3) is 0.526. The predicted octanol–water partition coefficient (Wildman–Crippen LogP) is 1.79. The first-order chi connectivity index (χ1) is 12.1. The molecule has 0 radical (unpaired) electrons. The van der Waals surface area contributed by atoms with E-state index in [-0.39, 0.29) is 11.5 Å². The van der Waals surface area contributed by atoms with Gasteiger partial charge < -0.3 is 10.2 Å². The molecular formula is C19H26N4O2. The summed E-state index contributed by atoms with van der Waals surface area (Å²) in [6.45, 7) is 6.16. The molecule has 134 valence electrons. The number of amides is 1. The lowest BCUT2D eigenvalue weighted by Crippen LogP contribution is -2.41. The number of aryl methyl sites for hydroxylation is 1. The van der Waals surface area contributed by atoms with Crippen LogP contribution in [0.3, 0.4) is 0 Å². The maximum Gasteiger partial charge on any atom is 0.274 e. The van der Waals surface area contributed by atoms with Gasteiger partial charge >= 0.3 is 0 Å². The Balaban J connectivity index is 1.73. The molecule has 0 aliphatic carbocycles. The Hall–Kier alpha value is -2.21. The van der Waals surface area contributed by atoms with E-state index in [1.165, 1.54) is 11.1 Å². The molecule has 0 saturated carbocycles. The lowest BCUT2D eigenvalue weighted by Gasteiger charge is -2.32. The number of carbonyl (C=O) groups excluding carboxylic acids is 1. The van der Waals surface area contributed by atoms with Crippen LogP contribution in [0.15, 0.2) is 29.1 Å². The zero-order valence-electron chi connectivity index (χ0n) is 15.0. The molecular weight excluding hydrogens is 316 g/mol. The van der Waals surface area contributed by atoms with Gasteiger partial charge in [-0.1, -0.05) is 25.1 Å². The van der Waals surface area contributed by atoms with Crippen LogP contribution in [0.5, 0.6) is 0 Å². The quantitative estimate of drug-likeness (QED) is 0.899. The maximum absolute atomic E-state index is 12.7. The number of carbonyl (C=O) groups is 1. The van der Waals surface area contributed by atoms with Gasteiger partial charge in [0.2, 0.25) is 0 Å². The molecule has 1 aromatic heterocycles. The topological polar surface area (TPSA) is 67.2 Å². The van der Waals surface area contributed by atoms with Gasteiger partial charge in [0, 0.05) is 25.5 Å². The largest absolute Gasteiger partial charge is 0.350 e. The molecule has 1 atom stereocenters. The molecule has 2 aromatic rings. The third kappa shape index (κ3) is 3.90. The van der Waals surface area contributed by atoms with Crippen molar-refractivity contribution in [1.29, 1.82) is 0 Å². The first kappa shape index (κ1) is 17.6. The molecule has 2 heterocycles. The van der Waals surface area contributed by atoms with Crippen LogP contribution in [0.2, 0.25) is 0 Å². The van der Waals surface area contributed by atoms with E-state index in [4.69, 9.17) is 0 Å². The number of nitrogens with one attached hydrogen (secondary N) is 1. The smallest absolute Gasteiger partial charge is 0.274 e. The van der Waals surface area contributed by atoms with Crippen molar-refractivity contribution in [3.63, 3.8) is 0 Å². The second kappa shape index (κ2) is 7.78. The molecule has 6 nitrogen and oxygen atoms in total. The average molecular weight is 342 g/mol. The van der Waals surface area contributed by atoms with Crippen molar-refractivity contribution in [2.24, 2.45) is 13.0 Å². The number of fused-ring (bicyclic) bond motifs is 1. The van der Waals surface area contributed by atoms with Crippen LogP contribution in [-0.4, -0.2) is 46.8 Å². The van der Waals surface area contributed by atoms with Crippen molar-refractivity contribution < 1.29 is 4.79 Å². The highest BCUT2D eigenvalue weighted by Gasteiger charge is 2.21. The first-order valence-corrected chi connectivity index (χ1v) is 9.06. The monoisotopic (exact) mass is 342 g/mol. The summed E-state index contributed by atoms with van der Waals surface area (Å²) in [6, 6.07) is 7.14. The maximum atomic E-state index is 12.7. The van der Waals surface area contributed by atoms with Crippen molar-refractivity contribution in [3.05, 3.63) is 40.3 Å². The third-order valence-corrected chi connectivity index (χ3v) is 4.87. The number of hydrogen-bond donors (Lipinski definition) is 1. The van der Waals surface area contributed by atoms with Gasteiger partial charge in [-0.3, -0.25) is 9.59 Å². The summed E-state index contributed by atoms with van der Waals surface area (Å²) in [5, 5.41) is 8.35. The number of likely N-dealkylation sites (tertiary alicyclic amines) is 1. The van der Waals surface area contributed by atoms with Gasteiger partial charge in [-0.2, -0.15) is 5.10 Å². The van der Waals surface area contributed by atoms with Crippen molar-refractivity contribution in [3.8, 4) is 0 Å². The minimum absolute atomic E-state index is 0.186. The van der Waals surface area contributed by atoms with E-state index in [1.807, 2.05) is 6.07 Å². The Labute approximate surface area is 147 Å². The van der Waals surface area contributed by atoms with Crippen LogP contribution in [0.25, 0.3) is 10.8 Å². The van der Waals surface area contributed by atoms with E-state index in [2.05, 4.69) is 22.2 Å². The summed E-state index contributed by atoms with van der Waals surface area (Å²) in [5.74, 6) is 0.266. The molecule has 1 amide bonds. The van der Waals surface area contributed by atoms with Crippen molar-refractivity contribution in [2.45, 2.75) is 26.2 Å². The molecule has 0 bridgehead atoms. The first-order valence-electron chi connectivity index (χ1n) is 9.06. The predicted molar refractivity (Wildman–Crippen MR) is 98.8 cm³/mol. The second-order valence-electron chi connectivity index (χ2n) is 6.84. The zero-order chi connectivity index (χ0) is 17.8. The number of piperidine rings is 1. The number of hydrogen-bond acceptors (Lipinski definition) is 4. The lowest BCUT2D eigenvalue weighted by molar-refractivity contribution is 0.0927. The summed E-state index contributed by atoms with van der Waals surface area (Å²) < 4.78 is 1.24. The van der Waals surface area contributed by atoms with E-state index in [1.54, 1.807) is 25.2 Å². The normalized spacial score (nSPS) is 18.4. The molecule has 1 N–H and O–H groups in total. The molecule has 1 aromatic carbocycles. The molecule has 1 fully saturated rings. The van der Waals surface area contributed by atoms with Crippen LogP contribution in [-0.2, 0) is 7.05 Å². The molecule has 0 spiro atoms. The summed E-state index contributed by atoms with van der Waals surface area (Å²) in [7, 11) is 1.58. The van der Waals surface area contributed by atoms with Gasteiger partial charge in [0.1, 0.15) is 0 Å². The molecule has 6 heteroatoms. The zero-order valence-corrected chi connectivity index (χ0v) is 15.0. The summed E-state index contributed by atoms with van der Waals surface area (Å²) in [6.07, 6.45) is 3.48. The van der Waals surface area contributed by atoms with E-state index in [9.17, 15) is 9.59 Å². The Morgan fingerprint density at radius 2 is 2.08 bits per heavy atom. The van der Waals surface area contributed by atoms with Gasteiger partial charge in [-0.15, -0.1) is 0 Å². The molecule has 1 saturated heterocycles. The second-order valence-corrected chi connectivity index (χ2v) is 6.84. The minimum Gasteiger partial charge on any atom is -0.350 e. The number of rotatable bonds is 5. The van der Waals surface area contributed by atoms with Gasteiger partial charge in [0.15, 0.2) is 5.69 Å². The third-order valence-electron chi connectivity index (χ3n) is 4.87. The van der Waals surface area contributed by atoms with Crippen LogP contribution < -0.4 is 10.9 Å². The summed E-state index contributed by atoms with van der Waals surface area (Å²) in [5.41, 5.74) is 0.133. The Kier molecular flexibility index (Phi) is 5.48. The van der Waals surface area contributed by atoms with E-state index in [0.717, 1.165) is 32.5 Å². The van der Waals surface area contributed by atoms with Gasteiger partial charge in [0.25, 0.3) is 11.5 Å². The van der Waals surface area contributed by atoms with E-state index in [0.29, 0.717) is 28.9 Å². The molecule has 1 aliphatic heterocycles. The summed E-state index contributed by atoms with van der Waals surface area (Å²) >= 11 is 0. The van der Waals surface area contributed by atoms with Crippen molar-refractivity contribution in [1.82, 2.24) is 20.0 Å². The molecule has 25 heavy (non-hydrogen) atoms.